The lowest BCUT2D eigenvalue weighted by Gasteiger charge is -2.19. The summed E-state index contributed by atoms with van der Waals surface area (Å²) in [7, 11) is 0. The molecule has 0 aromatic rings. The number of rotatable bonds is 2. The van der Waals surface area contributed by atoms with Gasteiger partial charge in [-0.2, -0.15) is 0 Å². The summed E-state index contributed by atoms with van der Waals surface area (Å²) in [6.45, 7) is 0. The maximum absolute atomic E-state index is 12.6. The monoisotopic (exact) mass is 349 g/mol. The van der Waals surface area contributed by atoms with Gasteiger partial charge in [-0.1, -0.05) is 34.8 Å². The lowest BCUT2D eigenvalue weighted by molar-refractivity contribution is -0.194. The molecule has 1 fully saturated rings. The predicted octanol–water partition coefficient (Wildman–Crippen LogP) is 3.36. The minimum Gasteiger partial charge on any atom is -0.325 e. The van der Waals surface area contributed by atoms with E-state index in [1.807, 2.05) is 0 Å². The maximum Gasteiger partial charge on any atom is 0.364 e. The van der Waals surface area contributed by atoms with Crippen molar-refractivity contribution in [2.75, 3.05) is 0 Å². The third kappa shape index (κ3) is 3.28. The Balaban J connectivity index is 1.58. The zero-order valence-corrected chi connectivity index (χ0v) is 14.5. The Morgan fingerprint density at radius 3 is 2.12 bits per heavy atom. The molecule has 26 heavy (non-hydrogen) atoms. The van der Waals surface area contributed by atoms with Gasteiger partial charge in [-0.3, -0.25) is 9.59 Å². The van der Waals surface area contributed by atoms with Crippen LogP contribution in [0.25, 0.3) is 0 Å². The van der Waals surface area contributed by atoms with Crippen molar-refractivity contribution < 1.29 is 19.2 Å². The van der Waals surface area contributed by atoms with Gasteiger partial charge in [0.25, 0.3) is 11.8 Å². The number of nitrogens with zero attached hydrogens (tertiary/aromatic N) is 1. The molecule has 1 aliphatic heterocycles. The zero-order chi connectivity index (χ0) is 18.1. The number of carbonyl (C=O) groups is 3. The van der Waals surface area contributed by atoms with E-state index >= 15 is 0 Å². The Bertz CT molecular complexity index is 886. The normalized spacial score (nSPS) is 22.2. The van der Waals surface area contributed by atoms with Gasteiger partial charge in [0, 0.05) is 24.0 Å². The molecule has 7 aliphatic rings. The van der Waals surface area contributed by atoms with E-state index < -0.39 is 17.8 Å². The van der Waals surface area contributed by atoms with Crippen LogP contribution in [-0.4, -0.2) is 22.8 Å². The van der Waals surface area contributed by atoms with E-state index in [1.165, 1.54) is 11.1 Å². The van der Waals surface area contributed by atoms with Crippen LogP contribution in [0.1, 0.15) is 51.4 Å². The van der Waals surface area contributed by atoms with E-state index in [9.17, 15) is 14.4 Å². The zero-order valence-electron chi connectivity index (χ0n) is 14.5. The molecule has 0 aromatic carbocycles. The lowest BCUT2D eigenvalue weighted by atomic mass is 9.87. The summed E-state index contributed by atoms with van der Waals surface area (Å²) < 4.78 is 0. The molecular formula is C21H19NO4. The quantitative estimate of drug-likeness (QED) is 0.566. The first kappa shape index (κ1) is 16.6. The third-order valence-electron chi connectivity index (χ3n) is 5.15. The molecule has 0 unspecified atom stereocenters. The van der Waals surface area contributed by atoms with Crippen LogP contribution >= 0.6 is 0 Å². The number of hydrogen-bond donors (Lipinski definition) is 0. The fourth-order valence-electron chi connectivity index (χ4n) is 3.55. The molecule has 0 saturated carbocycles. The van der Waals surface area contributed by atoms with Gasteiger partial charge in [0.15, 0.2) is 0 Å². The van der Waals surface area contributed by atoms with E-state index in [2.05, 4.69) is 23.6 Å². The predicted molar refractivity (Wildman–Crippen MR) is 93.2 cm³/mol. The van der Waals surface area contributed by atoms with Crippen molar-refractivity contribution in [1.29, 1.82) is 0 Å². The molecule has 1 heterocycles. The van der Waals surface area contributed by atoms with E-state index in [4.69, 9.17) is 4.84 Å². The van der Waals surface area contributed by atoms with Crippen molar-refractivity contribution in [3.05, 3.63) is 57.6 Å². The molecule has 6 aliphatic carbocycles. The average Bonchev–Trinajstić information content (AvgIpc) is 2.96. The minimum absolute atomic E-state index is 0.0855. The van der Waals surface area contributed by atoms with Crippen LogP contribution in [-0.2, 0) is 19.2 Å². The summed E-state index contributed by atoms with van der Waals surface area (Å²) in [5, 5.41) is 0.598. The molecule has 4 bridgehead atoms. The Morgan fingerprint density at radius 2 is 1.46 bits per heavy atom. The number of allylic oxidation sites excluding steroid dienone is 6. The summed E-state index contributed by atoms with van der Waals surface area (Å²) >= 11 is 0. The highest BCUT2D eigenvalue weighted by atomic mass is 16.7. The molecule has 0 N–H and O–H groups in total. The Labute approximate surface area is 151 Å². The molecular weight excluding hydrogens is 330 g/mol. The first-order chi connectivity index (χ1) is 12.6. The van der Waals surface area contributed by atoms with Gasteiger partial charge in [0.2, 0.25) is 0 Å². The van der Waals surface area contributed by atoms with Crippen molar-refractivity contribution in [3.8, 4) is 0 Å². The number of imide groups is 1. The Kier molecular flexibility index (Phi) is 4.34. The molecule has 1 saturated heterocycles. The van der Waals surface area contributed by atoms with Gasteiger partial charge in [-0.25, -0.2) is 4.79 Å². The number of hydroxylamine groups is 2. The van der Waals surface area contributed by atoms with Gasteiger partial charge in [-0.05, 0) is 44.6 Å². The van der Waals surface area contributed by atoms with Crippen LogP contribution in [0.3, 0.4) is 0 Å². The summed E-state index contributed by atoms with van der Waals surface area (Å²) in [4.78, 5) is 41.2. The van der Waals surface area contributed by atoms with Crippen LogP contribution < -0.4 is 0 Å². The smallest absolute Gasteiger partial charge is 0.325 e. The fraction of sp³-hybridized carbons (Fsp3) is 0.381. The van der Waals surface area contributed by atoms with Crippen molar-refractivity contribution in [2.24, 2.45) is 0 Å². The van der Waals surface area contributed by atoms with E-state index in [-0.39, 0.29) is 12.8 Å². The first-order valence-electron chi connectivity index (χ1n) is 9.01. The van der Waals surface area contributed by atoms with Gasteiger partial charge in [-0.15, -0.1) is 5.06 Å². The molecule has 0 spiro atoms. The van der Waals surface area contributed by atoms with E-state index in [1.54, 1.807) is 6.08 Å². The van der Waals surface area contributed by atoms with Gasteiger partial charge >= 0.3 is 5.97 Å². The van der Waals surface area contributed by atoms with Crippen LogP contribution in [0, 0.1) is 0 Å². The largest absolute Gasteiger partial charge is 0.364 e. The summed E-state index contributed by atoms with van der Waals surface area (Å²) in [6.07, 6.45) is 11.7. The molecule has 5 nitrogen and oxygen atoms in total. The topological polar surface area (TPSA) is 63.7 Å². The van der Waals surface area contributed by atoms with Crippen LogP contribution in [0.15, 0.2) is 57.6 Å². The van der Waals surface area contributed by atoms with Gasteiger partial charge in [0.1, 0.15) is 0 Å². The fourth-order valence-corrected chi connectivity index (χ4v) is 3.55. The van der Waals surface area contributed by atoms with E-state index in [0.717, 1.165) is 37.7 Å². The van der Waals surface area contributed by atoms with Crippen molar-refractivity contribution >= 4 is 17.8 Å². The van der Waals surface area contributed by atoms with Crippen molar-refractivity contribution in [1.82, 2.24) is 5.06 Å². The second kappa shape index (κ2) is 6.80. The molecule has 0 aromatic heterocycles. The number of amides is 2. The van der Waals surface area contributed by atoms with E-state index in [0.29, 0.717) is 22.6 Å². The summed E-state index contributed by atoms with van der Waals surface area (Å²) in [6, 6.07) is 0. The highest BCUT2D eigenvalue weighted by molar-refractivity contribution is 6.03. The minimum atomic E-state index is -0.675. The molecule has 0 radical (unpaired) electrons. The van der Waals surface area contributed by atoms with Gasteiger partial charge in [0.05, 0.1) is 5.57 Å². The second-order valence-electron chi connectivity index (χ2n) is 6.92. The van der Waals surface area contributed by atoms with Crippen molar-refractivity contribution in [2.45, 2.75) is 51.4 Å². The number of hydrogen-bond acceptors (Lipinski definition) is 4. The lowest BCUT2D eigenvalue weighted by Crippen LogP contribution is -2.33. The highest BCUT2D eigenvalue weighted by Crippen LogP contribution is 2.32. The molecule has 2 amide bonds. The Hall–Kier alpha value is -2.87. The van der Waals surface area contributed by atoms with Crippen LogP contribution in [0.5, 0.6) is 0 Å². The SMILES string of the molecule is O=C(ON1C(=O)CCC1=O)C1=CC2=C=C=C1CCC1=CC=C(CC2)CC1. The highest BCUT2D eigenvalue weighted by Gasteiger charge is 2.34. The first-order valence-corrected chi connectivity index (χ1v) is 9.01. The second-order valence-corrected chi connectivity index (χ2v) is 6.92. The summed E-state index contributed by atoms with van der Waals surface area (Å²) in [5.41, 5.74) is 11.0. The average molecular weight is 349 g/mol. The maximum atomic E-state index is 12.6. The molecule has 5 heteroatoms. The Morgan fingerprint density at radius 1 is 0.846 bits per heavy atom. The molecule has 7 rings (SSSR count). The number of carbonyl (C=O) groups excluding carboxylic acids is 3. The molecule has 132 valence electrons. The third-order valence-corrected chi connectivity index (χ3v) is 5.15. The van der Waals surface area contributed by atoms with Crippen LogP contribution in [0.2, 0.25) is 0 Å². The van der Waals surface area contributed by atoms with Gasteiger partial charge < -0.3 is 4.84 Å². The summed E-state index contributed by atoms with van der Waals surface area (Å²) in [5.74, 6) is -1.62. The van der Waals surface area contributed by atoms with Crippen LogP contribution in [0.4, 0.5) is 0 Å². The molecule has 0 atom stereocenters. The standard InChI is InChI=1S/C21H19NO4/c23-19-11-12-20(24)22(19)26-21(25)18-13-16-6-5-14-1-3-15(4-2-14)7-9-17(18)10-8-16/h1,3,13H,2,4-7,9,11-12H2. The van der Waals surface area contributed by atoms with Crippen molar-refractivity contribution in [3.63, 3.8) is 0 Å².